The average Bonchev–Trinajstić information content (AvgIpc) is 2.76. The Morgan fingerprint density at radius 3 is 2.17 bits per heavy atom. The molecule has 0 amide bonds. The van der Waals surface area contributed by atoms with Crippen molar-refractivity contribution in [1.29, 1.82) is 0 Å². The smallest absolute Gasteiger partial charge is 0.354 e. The van der Waals surface area contributed by atoms with Crippen LogP contribution in [0, 0.1) is 0 Å². The SMILES string of the molecule is O=C(O)c1ccc2ccc3c(-c4ccc(CCCCl)cc4)cc(C(=O)O)nc3c2n1. The molecule has 0 saturated heterocycles. The maximum atomic E-state index is 11.7. The first kappa shape index (κ1) is 19.8. The summed E-state index contributed by atoms with van der Waals surface area (Å²) in [5, 5.41) is 20.3. The number of aromatic carboxylic acids is 2. The predicted octanol–water partition coefficient (Wildman–Crippen LogP) is 5.02. The van der Waals surface area contributed by atoms with Crippen molar-refractivity contribution in [3.05, 3.63) is 71.5 Å². The third kappa shape index (κ3) is 3.69. The molecule has 30 heavy (non-hydrogen) atoms. The number of pyridine rings is 2. The van der Waals surface area contributed by atoms with E-state index in [-0.39, 0.29) is 11.4 Å². The molecular formula is C23H17ClN2O4. The van der Waals surface area contributed by atoms with Gasteiger partial charge in [0.05, 0.1) is 11.0 Å². The summed E-state index contributed by atoms with van der Waals surface area (Å²) in [6.07, 6.45) is 1.75. The number of carboxylic acid groups (broad SMARTS) is 2. The molecule has 0 saturated carbocycles. The lowest BCUT2D eigenvalue weighted by Gasteiger charge is -2.11. The summed E-state index contributed by atoms with van der Waals surface area (Å²) >= 11 is 5.76. The maximum Gasteiger partial charge on any atom is 0.354 e. The van der Waals surface area contributed by atoms with E-state index in [1.807, 2.05) is 36.4 Å². The number of hydrogen-bond donors (Lipinski definition) is 2. The zero-order valence-corrected chi connectivity index (χ0v) is 16.6. The van der Waals surface area contributed by atoms with E-state index in [1.165, 1.54) is 12.1 Å². The lowest BCUT2D eigenvalue weighted by Crippen LogP contribution is -2.04. The molecule has 0 aliphatic rings. The van der Waals surface area contributed by atoms with E-state index in [1.54, 1.807) is 6.07 Å². The molecule has 7 heteroatoms. The molecule has 0 radical (unpaired) electrons. The van der Waals surface area contributed by atoms with Crippen molar-refractivity contribution in [2.45, 2.75) is 12.8 Å². The van der Waals surface area contributed by atoms with E-state index in [2.05, 4.69) is 9.97 Å². The molecule has 150 valence electrons. The average molecular weight is 421 g/mol. The maximum absolute atomic E-state index is 11.7. The van der Waals surface area contributed by atoms with Gasteiger partial charge in [0.2, 0.25) is 0 Å². The monoisotopic (exact) mass is 420 g/mol. The highest BCUT2D eigenvalue weighted by Gasteiger charge is 2.16. The summed E-state index contributed by atoms with van der Waals surface area (Å²) in [5.74, 6) is -1.73. The summed E-state index contributed by atoms with van der Waals surface area (Å²) in [5.41, 5.74) is 3.15. The van der Waals surface area contributed by atoms with E-state index in [9.17, 15) is 19.8 Å². The van der Waals surface area contributed by atoms with Crippen molar-refractivity contribution in [2.24, 2.45) is 0 Å². The van der Waals surface area contributed by atoms with Gasteiger partial charge in [0.25, 0.3) is 0 Å². The van der Waals surface area contributed by atoms with Gasteiger partial charge in [-0.3, -0.25) is 0 Å². The van der Waals surface area contributed by atoms with Crippen LogP contribution in [0.4, 0.5) is 0 Å². The van der Waals surface area contributed by atoms with Crippen LogP contribution in [0.15, 0.2) is 54.6 Å². The molecule has 4 aromatic rings. The Balaban J connectivity index is 1.96. The van der Waals surface area contributed by atoms with Crippen LogP contribution in [-0.4, -0.2) is 38.0 Å². The summed E-state index contributed by atoms with van der Waals surface area (Å²) in [6, 6.07) is 16.2. The number of fused-ring (bicyclic) bond motifs is 3. The van der Waals surface area contributed by atoms with Gasteiger partial charge in [-0.1, -0.05) is 42.5 Å². The van der Waals surface area contributed by atoms with Crippen LogP contribution in [0.1, 0.15) is 33.0 Å². The number of hydrogen-bond acceptors (Lipinski definition) is 4. The van der Waals surface area contributed by atoms with Crippen molar-refractivity contribution in [3.8, 4) is 11.1 Å². The normalized spacial score (nSPS) is 11.1. The fraction of sp³-hybridized carbons (Fsp3) is 0.130. The number of rotatable bonds is 6. The molecule has 2 aromatic heterocycles. The highest BCUT2D eigenvalue weighted by atomic mass is 35.5. The van der Waals surface area contributed by atoms with E-state index in [0.29, 0.717) is 33.2 Å². The van der Waals surface area contributed by atoms with Crippen molar-refractivity contribution in [3.63, 3.8) is 0 Å². The summed E-state index contributed by atoms with van der Waals surface area (Å²) < 4.78 is 0. The Hall–Kier alpha value is -3.51. The van der Waals surface area contributed by atoms with Gasteiger partial charge in [-0.2, -0.15) is 0 Å². The number of nitrogens with zero attached hydrogens (tertiary/aromatic N) is 2. The second-order valence-corrected chi connectivity index (χ2v) is 7.26. The van der Waals surface area contributed by atoms with Crippen molar-refractivity contribution in [1.82, 2.24) is 9.97 Å². The number of carbonyl (C=O) groups is 2. The zero-order valence-electron chi connectivity index (χ0n) is 15.8. The molecule has 0 bridgehead atoms. The van der Waals surface area contributed by atoms with Crippen LogP contribution in [0.2, 0.25) is 0 Å². The molecule has 6 nitrogen and oxygen atoms in total. The van der Waals surface area contributed by atoms with Crippen molar-refractivity contribution >= 4 is 45.3 Å². The highest BCUT2D eigenvalue weighted by Crippen LogP contribution is 2.32. The van der Waals surface area contributed by atoms with E-state index in [4.69, 9.17) is 11.6 Å². The number of carboxylic acids is 2. The molecule has 0 unspecified atom stereocenters. The summed E-state index contributed by atoms with van der Waals surface area (Å²) in [4.78, 5) is 31.6. The van der Waals surface area contributed by atoms with E-state index >= 15 is 0 Å². The molecule has 2 heterocycles. The van der Waals surface area contributed by atoms with Crippen LogP contribution in [-0.2, 0) is 6.42 Å². The highest BCUT2D eigenvalue weighted by molar-refractivity contribution is 6.17. The van der Waals surface area contributed by atoms with Crippen LogP contribution in [0.5, 0.6) is 0 Å². The van der Waals surface area contributed by atoms with Gasteiger partial charge in [-0.25, -0.2) is 19.6 Å². The largest absolute Gasteiger partial charge is 0.477 e. The third-order valence-electron chi connectivity index (χ3n) is 4.94. The minimum Gasteiger partial charge on any atom is -0.477 e. The predicted molar refractivity (Wildman–Crippen MR) is 115 cm³/mol. The zero-order chi connectivity index (χ0) is 21.3. The standard InChI is InChI=1S/C23H17ClN2O4/c24-11-1-2-13-3-5-14(6-4-13)17-12-19(23(29)30)26-21-16(17)9-7-15-8-10-18(22(27)28)25-20(15)21/h3-10,12H,1-2,11H2,(H,27,28)(H,29,30). The molecule has 2 aromatic carbocycles. The fourth-order valence-electron chi connectivity index (χ4n) is 3.46. The van der Waals surface area contributed by atoms with Gasteiger partial charge < -0.3 is 10.2 Å². The Bertz CT molecular complexity index is 1290. The van der Waals surface area contributed by atoms with Crippen LogP contribution < -0.4 is 0 Å². The Morgan fingerprint density at radius 2 is 1.50 bits per heavy atom. The van der Waals surface area contributed by atoms with Crippen LogP contribution in [0.3, 0.4) is 0 Å². The summed E-state index contributed by atoms with van der Waals surface area (Å²) in [6.45, 7) is 0. The molecule has 0 aliphatic carbocycles. The number of benzene rings is 2. The van der Waals surface area contributed by atoms with Gasteiger partial charge in [0.15, 0.2) is 0 Å². The Labute approximate surface area is 176 Å². The molecular weight excluding hydrogens is 404 g/mol. The van der Waals surface area contributed by atoms with Crippen molar-refractivity contribution in [2.75, 3.05) is 5.88 Å². The first-order valence-electron chi connectivity index (χ1n) is 9.34. The molecule has 4 rings (SSSR count). The second kappa shape index (κ2) is 8.08. The fourth-order valence-corrected chi connectivity index (χ4v) is 3.59. The third-order valence-corrected chi connectivity index (χ3v) is 5.21. The van der Waals surface area contributed by atoms with Gasteiger partial charge in [-0.05, 0) is 41.7 Å². The molecule has 0 aliphatic heterocycles. The number of aromatic nitrogens is 2. The van der Waals surface area contributed by atoms with Crippen molar-refractivity contribution < 1.29 is 19.8 Å². The first-order chi connectivity index (χ1) is 14.5. The minimum absolute atomic E-state index is 0.122. The van der Waals surface area contributed by atoms with Gasteiger partial charge in [0.1, 0.15) is 11.4 Å². The van der Waals surface area contributed by atoms with Crippen LogP contribution >= 0.6 is 11.6 Å². The lowest BCUT2D eigenvalue weighted by molar-refractivity contribution is 0.0680. The Morgan fingerprint density at radius 1 is 0.833 bits per heavy atom. The van der Waals surface area contributed by atoms with Gasteiger partial charge >= 0.3 is 11.9 Å². The van der Waals surface area contributed by atoms with Gasteiger partial charge in [0, 0.05) is 16.7 Å². The molecule has 2 N–H and O–H groups in total. The van der Waals surface area contributed by atoms with Gasteiger partial charge in [-0.15, -0.1) is 11.6 Å². The van der Waals surface area contributed by atoms with E-state index in [0.717, 1.165) is 24.0 Å². The lowest BCUT2D eigenvalue weighted by atomic mass is 9.97. The number of aryl methyl sites for hydroxylation is 1. The molecule has 0 spiro atoms. The number of alkyl halides is 1. The topological polar surface area (TPSA) is 100 Å². The minimum atomic E-state index is -1.16. The Kier molecular flexibility index (Phi) is 5.33. The van der Waals surface area contributed by atoms with E-state index < -0.39 is 11.9 Å². The molecule has 0 fully saturated rings. The van der Waals surface area contributed by atoms with Crippen LogP contribution in [0.25, 0.3) is 32.9 Å². The molecule has 0 atom stereocenters. The first-order valence-corrected chi connectivity index (χ1v) is 9.88. The number of halogens is 1. The quantitative estimate of drug-likeness (QED) is 0.335. The summed E-state index contributed by atoms with van der Waals surface area (Å²) in [7, 11) is 0. The second-order valence-electron chi connectivity index (χ2n) is 6.88.